The molecule has 0 spiro atoms. The molecule has 2 aliphatic carbocycles. The van der Waals surface area contributed by atoms with Gasteiger partial charge < -0.3 is 0 Å². The standard InChI is InChI=1S/2C21H19.C2H7Si.2ClH.Zr/c2*1-2-3-8-18-15-20-12-7-11-19(21(20)16-18)14-13-17-9-5-4-6-10-17;1-3-2;;;/h2*4-7,9-12,15-16H,2-3,8H2,1H3;3H,1-2H3;2*1H;/q;;;;;+2/p-2. The molecule has 0 nitrogen and oxygen atoms in total. The average Bonchev–Trinajstić information content (AvgIpc) is 3.69. The van der Waals surface area contributed by atoms with E-state index < -0.39 is 21.5 Å². The number of benzene rings is 4. The van der Waals surface area contributed by atoms with Gasteiger partial charge in [0.1, 0.15) is 0 Å². The molecule has 0 fully saturated rings. The van der Waals surface area contributed by atoms with Crippen molar-refractivity contribution in [3.05, 3.63) is 153 Å². The third-order valence-electron chi connectivity index (χ3n) is 10.4. The average molecular weight is 764 g/mol. The van der Waals surface area contributed by atoms with Crippen LogP contribution in [0.4, 0.5) is 0 Å². The van der Waals surface area contributed by atoms with Crippen LogP contribution >= 0.6 is 17.0 Å². The van der Waals surface area contributed by atoms with Gasteiger partial charge in [-0.25, -0.2) is 0 Å². The van der Waals surface area contributed by atoms with Crippen molar-refractivity contribution < 1.29 is 15.6 Å². The van der Waals surface area contributed by atoms with E-state index in [-0.39, 0.29) is 7.25 Å². The first-order valence-electron chi connectivity index (χ1n) is 17.6. The van der Waals surface area contributed by atoms with E-state index in [2.05, 4.69) is 123 Å². The summed E-state index contributed by atoms with van der Waals surface area (Å²) in [4.78, 5) is 0. The summed E-state index contributed by atoms with van der Waals surface area (Å²) in [6.45, 7) is 9.43. The molecule has 0 aromatic heterocycles. The summed E-state index contributed by atoms with van der Waals surface area (Å²) in [5, 5.41) is 0. The van der Waals surface area contributed by atoms with Gasteiger partial charge in [0.15, 0.2) is 0 Å². The van der Waals surface area contributed by atoms with Gasteiger partial charge in [0, 0.05) is 0 Å². The Bertz CT molecular complexity index is 1840. The van der Waals surface area contributed by atoms with E-state index in [1.165, 1.54) is 33.4 Å². The van der Waals surface area contributed by atoms with E-state index in [4.69, 9.17) is 17.0 Å². The van der Waals surface area contributed by atoms with E-state index in [0.29, 0.717) is 0 Å². The fourth-order valence-electron chi connectivity index (χ4n) is 7.80. The summed E-state index contributed by atoms with van der Waals surface area (Å²) in [5.74, 6) is 12.3. The van der Waals surface area contributed by atoms with Crippen LogP contribution in [-0.4, -0.2) is 5.92 Å². The Balaban J connectivity index is 1.53. The van der Waals surface area contributed by atoms with Crippen LogP contribution in [0.5, 0.6) is 0 Å². The quantitative estimate of drug-likeness (QED) is 0.118. The number of hydrogen-bond donors (Lipinski definition) is 0. The molecule has 0 radical (unpaired) electrons. The second-order valence-electron chi connectivity index (χ2n) is 13.7. The molecular weight excluding hydrogens is 719 g/mol. The summed E-state index contributed by atoms with van der Waals surface area (Å²) in [6.07, 6.45) is 11.4. The Labute approximate surface area is 297 Å². The number of unbranched alkanes of at least 4 members (excludes halogenated alkanes) is 2. The molecule has 4 heteroatoms. The fraction of sp³-hybridized carbons (Fsp3) is 0.273. The van der Waals surface area contributed by atoms with E-state index in [9.17, 15) is 0 Å². The molecule has 0 amide bonds. The number of halogens is 2. The maximum atomic E-state index is 8.68. The molecule has 48 heavy (non-hydrogen) atoms. The predicted molar refractivity (Wildman–Crippen MR) is 209 cm³/mol. The molecule has 2 aliphatic rings. The number of allylic oxidation sites excluding steroid dienone is 2. The molecular formula is C44H45Cl2SiZr. The molecule has 4 aromatic carbocycles. The first kappa shape index (κ1) is 35.0. The Morgan fingerprint density at radius 2 is 0.979 bits per heavy atom. The molecule has 0 heterocycles. The first-order chi connectivity index (χ1) is 23.3. The number of hydrogen-bond acceptors (Lipinski definition) is 0. The molecule has 0 saturated heterocycles. The molecule has 2 unspecified atom stereocenters. The zero-order valence-corrected chi connectivity index (χ0v) is 33.7. The van der Waals surface area contributed by atoms with Crippen LogP contribution in [0.1, 0.15) is 104 Å². The van der Waals surface area contributed by atoms with Gasteiger partial charge >= 0.3 is 300 Å². The third-order valence-corrected chi connectivity index (χ3v) is 62.2. The summed E-state index contributed by atoms with van der Waals surface area (Å²) in [7, 11) is 17.4. The minimum atomic E-state index is -4.87. The molecule has 0 aliphatic heterocycles. The van der Waals surface area contributed by atoms with Gasteiger partial charge in [0.25, 0.3) is 0 Å². The van der Waals surface area contributed by atoms with Crippen LogP contribution in [0, 0.1) is 23.7 Å². The van der Waals surface area contributed by atoms with Gasteiger partial charge in [-0.3, -0.25) is 0 Å². The summed E-state index contributed by atoms with van der Waals surface area (Å²) < 4.78 is 0.142. The molecule has 4 aromatic rings. The van der Waals surface area contributed by atoms with Gasteiger partial charge in [-0.2, -0.15) is 0 Å². The zero-order valence-electron chi connectivity index (χ0n) is 28.6. The summed E-state index contributed by atoms with van der Waals surface area (Å²) in [5.41, 5.74) is 12.1. The Hall–Kier alpha value is -2.84. The topological polar surface area (TPSA) is 0 Å². The van der Waals surface area contributed by atoms with Crippen molar-refractivity contribution in [3.63, 3.8) is 0 Å². The van der Waals surface area contributed by atoms with Crippen molar-refractivity contribution in [1.82, 2.24) is 0 Å². The van der Waals surface area contributed by atoms with Crippen LogP contribution in [-0.2, 0) is 15.6 Å². The van der Waals surface area contributed by atoms with Crippen molar-refractivity contribution in [2.75, 3.05) is 0 Å². The second-order valence-corrected chi connectivity index (χ2v) is 56.2. The Kier molecular flexibility index (Phi) is 10.9. The Morgan fingerprint density at radius 3 is 1.35 bits per heavy atom. The van der Waals surface area contributed by atoms with Crippen molar-refractivity contribution in [2.45, 2.75) is 72.7 Å². The minimum absolute atomic E-state index is 0.0708. The summed E-state index contributed by atoms with van der Waals surface area (Å²) >= 11 is -4.87. The van der Waals surface area contributed by atoms with Crippen molar-refractivity contribution >= 4 is 35.1 Å². The number of fused-ring (bicyclic) bond motifs is 2. The van der Waals surface area contributed by atoms with Crippen LogP contribution < -0.4 is 0 Å². The maximum absolute atomic E-state index is 8.68. The second kappa shape index (κ2) is 15.0. The van der Waals surface area contributed by atoms with E-state index in [1.807, 2.05) is 36.4 Å². The Morgan fingerprint density at radius 1 is 0.562 bits per heavy atom. The third kappa shape index (κ3) is 6.68. The van der Waals surface area contributed by atoms with Gasteiger partial charge in [-0.1, -0.05) is 0 Å². The van der Waals surface area contributed by atoms with E-state index in [1.54, 1.807) is 0 Å². The summed E-state index contributed by atoms with van der Waals surface area (Å²) in [6, 6.07) is 33.8. The fourth-order valence-corrected chi connectivity index (χ4v) is 39.3. The molecule has 2 atom stereocenters. The molecule has 0 N–H and O–H groups in total. The van der Waals surface area contributed by atoms with Crippen molar-refractivity contribution in [1.29, 1.82) is 0 Å². The van der Waals surface area contributed by atoms with E-state index in [0.717, 1.165) is 60.8 Å². The van der Waals surface area contributed by atoms with Crippen molar-refractivity contribution in [2.24, 2.45) is 0 Å². The monoisotopic (exact) mass is 761 g/mol. The van der Waals surface area contributed by atoms with Crippen LogP contribution in [0.3, 0.4) is 0 Å². The van der Waals surface area contributed by atoms with E-state index >= 15 is 0 Å². The zero-order chi connectivity index (χ0) is 33.8. The molecule has 6 rings (SSSR count). The van der Waals surface area contributed by atoms with Crippen molar-refractivity contribution in [3.8, 4) is 23.7 Å². The van der Waals surface area contributed by atoms with Crippen LogP contribution in [0.2, 0.25) is 13.1 Å². The molecule has 0 bridgehead atoms. The predicted octanol–water partition coefficient (Wildman–Crippen LogP) is 12.4. The SMILES string of the molecule is CCCCC1=Cc2c(C#Cc3ccccc3)cccc2[CH]1[Zr]([Cl])([Cl])([CH]1C(CCCC)=Cc2c(C#Cc3ccccc3)cccc21)[SiH](C)C. The van der Waals surface area contributed by atoms with Crippen LogP contribution in [0.15, 0.2) is 108 Å². The molecule has 0 saturated carbocycles. The van der Waals surface area contributed by atoms with Gasteiger partial charge in [0.2, 0.25) is 0 Å². The van der Waals surface area contributed by atoms with Crippen LogP contribution in [0.25, 0.3) is 12.2 Å². The van der Waals surface area contributed by atoms with Gasteiger partial charge in [0.05, 0.1) is 0 Å². The normalized spacial score (nSPS) is 17.2. The number of rotatable bonds is 9. The molecule has 243 valence electrons. The van der Waals surface area contributed by atoms with Gasteiger partial charge in [-0.05, 0) is 0 Å². The first-order valence-corrected chi connectivity index (χ1v) is 34.0. The van der Waals surface area contributed by atoms with Gasteiger partial charge in [-0.15, -0.1) is 0 Å².